The molecule has 0 aromatic heterocycles. The van der Waals surface area contributed by atoms with Crippen LogP contribution in [-0.2, 0) is 4.79 Å². The van der Waals surface area contributed by atoms with Gasteiger partial charge in [-0.25, -0.2) is 0 Å². The molecule has 1 aliphatic rings. The molecule has 1 aromatic rings. The first-order chi connectivity index (χ1) is 9.31. The molecule has 2 N–H and O–H groups in total. The number of aryl methyl sites for hydroxylation is 2. The summed E-state index contributed by atoms with van der Waals surface area (Å²) in [5, 5.41) is 0. The number of rotatable bonds is 2. The molecule has 2 atom stereocenters. The van der Waals surface area contributed by atoms with E-state index in [1.54, 1.807) is 4.90 Å². The lowest BCUT2D eigenvalue weighted by atomic mass is 9.74. The van der Waals surface area contributed by atoms with Crippen molar-refractivity contribution >= 4 is 11.6 Å². The molecule has 20 heavy (non-hydrogen) atoms. The van der Waals surface area contributed by atoms with Gasteiger partial charge in [-0.1, -0.05) is 18.9 Å². The predicted octanol–water partition coefficient (Wildman–Crippen LogP) is 3.17. The lowest BCUT2D eigenvalue weighted by molar-refractivity contribution is -0.125. The topological polar surface area (TPSA) is 46.3 Å². The summed E-state index contributed by atoms with van der Waals surface area (Å²) in [5.74, 6) is 0.0850. The minimum atomic E-state index is -0.373. The third-order valence-electron chi connectivity index (χ3n) is 4.48. The standard InChI is InChI=1S/C17H26N2O/c1-12-9-13(2)11-14(10-12)19(4)16(20)15-7-5-6-8-17(15,3)18/h9-11,15H,5-8,18H2,1-4H3. The lowest BCUT2D eigenvalue weighted by Gasteiger charge is -2.39. The molecule has 0 bridgehead atoms. The van der Waals surface area contributed by atoms with Crippen molar-refractivity contribution in [2.45, 2.75) is 52.0 Å². The summed E-state index contributed by atoms with van der Waals surface area (Å²) >= 11 is 0. The number of benzene rings is 1. The maximum absolute atomic E-state index is 12.8. The molecular weight excluding hydrogens is 248 g/mol. The Morgan fingerprint density at radius 3 is 2.40 bits per heavy atom. The Kier molecular flexibility index (Phi) is 4.19. The molecule has 0 aliphatic heterocycles. The van der Waals surface area contributed by atoms with Crippen LogP contribution in [0.25, 0.3) is 0 Å². The Hall–Kier alpha value is -1.35. The second-order valence-corrected chi connectivity index (χ2v) is 6.55. The molecule has 1 amide bonds. The summed E-state index contributed by atoms with van der Waals surface area (Å²) in [5.41, 5.74) is 9.30. The number of hydrogen-bond donors (Lipinski definition) is 1. The van der Waals surface area contributed by atoms with Crippen LogP contribution >= 0.6 is 0 Å². The second kappa shape index (κ2) is 5.57. The Balaban J connectivity index is 2.23. The third kappa shape index (κ3) is 3.04. The quantitative estimate of drug-likeness (QED) is 0.900. The summed E-state index contributed by atoms with van der Waals surface area (Å²) in [6, 6.07) is 6.23. The Morgan fingerprint density at radius 1 is 1.25 bits per heavy atom. The van der Waals surface area contributed by atoms with Gasteiger partial charge in [0.1, 0.15) is 0 Å². The van der Waals surface area contributed by atoms with Gasteiger partial charge in [-0.05, 0) is 56.9 Å². The van der Waals surface area contributed by atoms with Crippen LogP contribution in [0.4, 0.5) is 5.69 Å². The van der Waals surface area contributed by atoms with Gasteiger partial charge in [-0.3, -0.25) is 4.79 Å². The Morgan fingerprint density at radius 2 is 1.85 bits per heavy atom. The van der Waals surface area contributed by atoms with Crippen LogP contribution in [0.1, 0.15) is 43.7 Å². The maximum atomic E-state index is 12.8. The summed E-state index contributed by atoms with van der Waals surface area (Å²) in [6.45, 7) is 6.13. The van der Waals surface area contributed by atoms with Gasteiger partial charge in [0.2, 0.25) is 5.91 Å². The SMILES string of the molecule is Cc1cc(C)cc(N(C)C(=O)C2CCCCC2(C)N)c1. The molecule has 0 spiro atoms. The number of hydrogen-bond acceptors (Lipinski definition) is 2. The summed E-state index contributed by atoms with van der Waals surface area (Å²) in [7, 11) is 1.86. The fraction of sp³-hybridized carbons (Fsp3) is 0.588. The van der Waals surface area contributed by atoms with E-state index in [9.17, 15) is 4.79 Å². The predicted molar refractivity (Wildman–Crippen MR) is 83.9 cm³/mol. The number of nitrogens with zero attached hydrogens (tertiary/aromatic N) is 1. The van der Waals surface area contributed by atoms with Crippen LogP contribution < -0.4 is 10.6 Å². The summed E-state index contributed by atoms with van der Waals surface area (Å²) in [6.07, 6.45) is 4.07. The zero-order valence-electron chi connectivity index (χ0n) is 13.1. The lowest BCUT2D eigenvalue weighted by Crippen LogP contribution is -2.53. The van der Waals surface area contributed by atoms with E-state index in [0.29, 0.717) is 0 Å². The molecule has 0 saturated heterocycles. The van der Waals surface area contributed by atoms with Crippen molar-refractivity contribution in [2.75, 3.05) is 11.9 Å². The van der Waals surface area contributed by atoms with Crippen LogP contribution in [0.3, 0.4) is 0 Å². The molecule has 1 aromatic carbocycles. The molecule has 3 nitrogen and oxygen atoms in total. The van der Waals surface area contributed by atoms with Crippen molar-refractivity contribution in [3.8, 4) is 0 Å². The number of nitrogens with two attached hydrogens (primary N) is 1. The van der Waals surface area contributed by atoms with E-state index in [0.717, 1.165) is 31.4 Å². The molecule has 0 radical (unpaired) electrons. The van der Waals surface area contributed by atoms with E-state index < -0.39 is 0 Å². The first kappa shape index (κ1) is 15.0. The molecule has 2 unspecified atom stereocenters. The molecule has 3 heteroatoms. The third-order valence-corrected chi connectivity index (χ3v) is 4.48. The van der Waals surface area contributed by atoms with Gasteiger partial charge >= 0.3 is 0 Å². The second-order valence-electron chi connectivity index (χ2n) is 6.55. The van der Waals surface area contributed by atoms with Crippen LogP contribution in [0.15, 0.2) is 18.2 Å². The Bertz CT molecular complexity index is 487. The van der Waals surface area contributed by atoms with Crippen molar-refractivity contribution in [3.05, 3.63) is 29.3 Å². The van der Waals surface area contributed by atoms with Crippen molar-refractivity contribution in [1.82, 2.24) is 0 Å². The van der Waals surface area contributed by atoms with Crippen molar-refractivity contribution in [2.24, 2.45) is 11.7 Å². The van der Waals surface area contributed by atoms with Crippen LogP contribution in [0.2, 0.25) is 0 Å². The van der Waals surface area contributed by atoms with E-state index in [1.807, 2.05) is 14.0 Å². The molecule has 1 fully saturated rings. The Labute approximate surface area is 122 Å². The van der Waals surface area contributed by atoms with Crippen molar-refractivity contribution in [1.29, 1.82) is 0 Å². The first-order valence-corrected chi connectivity index (χ1v) is 7.46. The van der Waals surface area contributed by atoms with Gasteiger partial charge < -0.3 is 10.6 Å². The smallest absolute Gasteiger partial charge is 0.231 e. The van der Waals surface area contributed by atoms with E-state index in [-0.39, 0.29) is 17.4 Å². The zero-order chi connectivity index (χ0) is 14.9. The number of carbonyl (C=O) groups excluding carboxylic acids is 1. The average Bonchev–Trinajstić information content (AvgIpc) is 2.35. The molecule has 1 aliphatic carbocycles. The summed E-state index contributed by atoms with van der Waals surface area (Å²) in [4.78, 5) is 14.6. The number of anilines is 1. The highest BCUT2D eigenvalue weighted by Crippen LogP contribution is 2.33. The van der Waals surface area contributed by atoms with E-state index in [1.165, 1.54) is 11.1 Å². The first-order valence-electron chi connectivity index (χ1n) is 7.46. The molecule has 2 rings (SSSR count). The van der Waals surface area contributed by atoms with Gasteiger partial charge in [-0.2, -0.15) is 0 Å². The van der Waals surface area contributed by atoms with Crippen LogP contribution in [0, 0.1) is 19.8 Å². The van der Waals surface area contributed by atoms with Crippen LogP contribution in [-0.4, -0.2) is 18.5 Å². The maximum Gasteiger partial charge on any atom is 0.231 e. The van der Waals surface area contributed by atoms with E-state index in [4.69, 9.17) is 5.73 Å². The molecule has 0 heterocycles. The van der Waals surface area contributed by atoms with Gasteiger partial charge in [0.15, 0.2) is 0 Å². The largest absolute Gasteiger partial charge is 0.325 e. The zero-order valence-corrected chi connectivity index (χ0v) is 13.1. The fourth-order valence-electron chi connectivity index (χ4n) is 3.27. The molecular formula is C17H26N2O. The fourth-order valence-corrected chi connectivity index (χ4v) is 3.27. The minimum absolute atomic E-state index is 0.0675. The highest BCUT2D eigenvalue weighted by Gasteiger charge is 2.39. The molecule has 110 valence electrons. The van der Waals surface area contributed by atoms with Gasteiger partial charge in [0.05, 0.1) is 5.92 Å². The molecule has 1 saturated carbocycles. The van der Waals surface area contributed by atoms with Crippen molar-refractivity contribution in [3.63, 3.8) is 0 Å². The monoisotopic (exact) mass is 274 g/mol. The van der Waals surface area contributed by atoms with Gasteiger partial charge in [0, 0.05) is 18.3 Å². The van der Waals surface area contributed by atoms with E-state index >= 15 is 0 Å². The van der Waals surface area contributed by atoms with Crippen LogP contribution in [0.5, 0.6) is 0 Å². The van der Waals surface area contributed by atoms with Gasteiger partial charge in [-0.15, -0.1) is 0 Å². The van der Waals surface area contributed by atoms with Gasteiger partial charge in [0.25, 0.3) is 0 Å². The average molecular weight is 274 g/mol. The normalized spacial score (nSPS) is 26.4. The highest BCUT2D eigenvalue weighted by molar-refractivity contribution is 5.95. The number of carbonyl (C=O) groups is 1. The van der Waals surface area contributed by atoms with E-state index in [2.05, 4.69) is 32.0 Å². The number of amides is 1. The summed E-state index contributed by atoms with van der Waals surface area (Å²) < 4.78 is 0. The highest BCUT2D eigenvalue weighted by atomic mass is 16.2. The minimum Gasteiger partial charge on any atom is -0.325 e. The van der Waals surface area contributed by atoms with Crippen molar-refractivity contribution < 1.29 is 4.79 Å².